The maximum Gasteiger partial charge on any atom is 0.223 e. The fourth-order valence-electron chi connectivity index (χ4n) is 0.723. The summed E-state index contributed by atoms with van der Waals surface area (Å²) < 4.78 is 1.90. The molecular formula is C8H11N2+. The summed E-state index contributed by atoms with van der Waals surface area (Å²) in [5.74, 6) is 0. The van der Waals surface area contributed by atoms with Crippen LogP contribution in [0.4, 0.5) is 5.69 Å². The van der Waals surface area contributed by atoms with Crippen LogP contribution in [0.1, 0.15) is 6.92 Å². The Morgan fingerprint density at radius 2 is 2.50 bits per heavy atom. The standard InChI is InChI=1S/C8H11N2/c1-3-10(2)8-5-4-6-9-7-8/h4-7H,2-3H2,1H3/q+1. The molecule has 1 aromatic rings. The molecule has 0 aliphatic heterocycles. The van der Waals surface area contributed by atoms with Crippen molar-refractivity contribution in [2.75, 3.05) is 6.54 Å². The van der Waals surface area contributed by atoms with Gasteiger partial charge in [-0.2, -0.15) is 0 Å². The van der Waals surface area contributed by atoms with Crippen molar-refractivity contribution in [3.63, 3.8) is 0 Å². The van der Waals surface area contributed by atoms with Crippen molar-refractivity contribution in [2.45, 2.75) is 6.92 Å². The summed E-state index contributed by atoms with van der Waals surface area (Å²) in [4.78, 5) is 3.97. The predicted octanol–water partition coefficient (Wildman–Crippen LogP) is 1.45. The molecule has 2 heteroatoms. The van der Waals surface area contributed by atoms with Gasteiger partial charge in [-0.3, -0.25) is 4.98 Å². The molecule has 0 atom stereocenters. The normalized spacial score (nSPS) is 9.30. The van der Waals surface area contributed by atoms with Crippen LogP contribution in [0.25, 0.3) is 0 Å². The maximum atomic E-state index is 3.97. The maximum absolute atomic E-state index is 3.97. The zero-order chi connectivity index (χ0) is 7.40. The largest absolute Gasteiger partial charge is 0.258 e. The first-order valence-electron chi connectivity index (χ1n) is 3.32. The molecule has 0 saturated heterocycles. The van der Waals surface area contributed by atoms with Crippen LogP contribution in [0.5, 0.6) is 0 Å². The van der Waals surface area contributed by atoms with Crippen LogP contribution in [0.3, 0.4) is 0 Å². The van der Waals surface area contributed by atoms with E-state index in [-0.39, 0.29) is 0 Å². The Hall–Kier alpha value is -1.18. The van der Waals surface area contributed by atoms with E-state index in [9.17, 15) is 0 Å². The van der Waals surface area contributed by atoms with Crippen molar-refractivity contribution in [2.24, 2.45) is 0 Å². The van der Waals surface area contributed by atoms with Gasteiger partial charge < -0.3 is 0 Å². The Morgan fingerprint density at radius 1 is 1.70 bits per heavy atom. The first kappa shape index (κ1) is 6.93. The molecule has 0 radical (unpaired) electrons. The molecule has 0 aromatic carbocycles. The van der Waals surface area contributed by atoms with Gasteiger partial charge in [0.05, 0.1) is 6.20 Å². The van der Waals surface area contributed by atoms with Gasteiger partial charge in [-0.05, 0) is 13.0 Å². The second-order valence-electron chi connectivity index (χ2n) is 2.07. The second kappa shape index (κ2) is 3.11. The topological polar surface area (TPSA) is 15.9 Å². The predicted molar refractivity (Wildman–Crippen MR) is 41.8 cm³/mol. The Kier molecular flexibility index (Phi) is 2.15. The molecule has 0 aliphatic carbocycles. The molecule has 2 nitrogen and oxygen atoms in total. The number of nitrogens with zero attached hydrogens (tertiary/aromatic N) is 2. The molecule has 0 aliphatic rings. The molecule has 0 amide bonds. The van der Waals surface area contributed by atoms with Crippen molar-refractivity contribution in [1.29, 1.82) is 0 Å². The van der Waals surface area contributed by atoms with E-state index in [0.29, 0.717) is 0 Å². The summed E-state index contributed by atoms with van der Waals surface area (Å²) in [6.45, 7) is 6.78. The van der Waals surface area contributed by atoms with Gasteiger partial charge in [0.25, 0.3) is 0 Å². The summed E-state index contributed by atoms with van der Waals surface area (Å²) in [5.41, 5.74) is 1.06. The highest BCUT2D eigenvalue weighted by Gasteiger charge is 1.99. The molecule has 0 bridgehead atoms. The second-order valence-corrected chi connectivity index (χ2v) is 2.07. The number of hydrogen-bond acceptors (Lipinski definition) is 1. The molecular weight excluding hydrogens is 124 g/mol. The van der Waals surface area contributed by atoms with Crippen molar-refractivity contribution in [3.8, 4) is 0 Å². The number of pyridine rings is 1. The van der Waals surface area contributed by atoms with Crippen LogP contribution in [0.15, 0.2) is 24.5 Å². The van der Waals surface area contributed by atoms with Gasteiger partial charge in [0.15, 0.2) is 0 Å². The fourth-order valence-corrected chi connectivity index (χ4v) is 0.723. The van der Waals surface area contributed by atoms with Crippen LogP contribution in [0.2, 0.25) is 0 Å². The van der Waals surface area contributed by atoms with Gasteiger partial charge in [0.2, 0.25) is 5.69 Å². The molecule has 0 N–H and O–H groups in total. The summed E-state index contributed by atoms with van der Waals surface area (Å²) in [5, 5.41) is 0. The van der Waals surface area contributed by atoms with E-state index in [1.54, 1.807) is 12.4 Å². The molecule has 0 spiro atoms. The van der Waals surface area contributed by atoms with Crippen molar-refractivity contribution in [1.82, 2.24) is 4.98 Å². The molecule has 52 valence electrons. The minimum Gasteiger partial charge on any atom is -0.258 e. The minimum absolute atomic E-state index is 0.908. The monoisotopic (exact) mass is 135 g/mol. The zero-order valence-corrected chi connectivity index (χ0v) is 6.12. The summed E-state index contributed by atoms with van der Waals surface area (Å²) in [6, 6.07) is 3.90. The summed E-state index contributed by atoms with van der Waals surface area (Å²) in [6.07, 6.45) is 3.56. The van der Waals surface area contributed by atoms with E-state index in [1.807, 2.05) is 16.7 Å². The van der Waals surface area contributed by atoms with Crippen LogP contribution in [-0.4, -0.2) is 22.8 Å². The quantitative estimate of drug-likeness (QED) is 0.442. The minimum atomic E-state index is 0.908. The third-order valence-corrected chi connectivity index (χ3v) is 1.39. The van der Waals surface area contributed by atoms with E-state index >= 15 is 0 Å². The third kappa shape index (κ3) is 1.41. The molecule has 10 heavy (non-hydrogen) atoms. The number of aromatic nitrogens is 1. The Morgan fingerprint density at radius 3 is 3.00 bits per heavy atom. The molecule has 0 fully saturated rings. The van der Waals surface area contributed by atoms with Crippen LogP contribution in [-0.2, 0) is 0 Å². The molecule has 1 aromatic heterocycles. The SMILES string of the molecule is C=[N+](CC)c1cccnc1. The Balaban J connectivity index is 2.85. The third-order valence-electron chi connectivity index (χ3n) is 1.39. The first-order chi connectivity index (χ1) is 4.84. The molecule has 1 rings (SSSR count). The fraction of sp³-hybridized carbons (Fsp3) is 0.250. The van der Waals surface area contributed by atoms with Gasteiger partial charge in [-0.1, -0.05) is 0 Å². The molecule has 0 saturated carbocycles. The van der Waals surface area contributed by atoms with Crippen LogP contribution < -0.4 is 0 Å². The van der Waals surface area contributed by atoms with Crippen LogP contribution in [0, 0.1) is 0 Å². The van der Waals surface area contributed by atoms with E-state index in [0.717, 1.165) is 12.2 Å². The Bertz CT molecular complexity index is 216. The van der Waals surface area contributed by atoms with Gasteiger partial charge in [0.1, 0.15) is 13.3 Å². The highest BCUT2D eigenvalue weighted by Crippen LogP contribution is 2.05. The van der Waals surface area contributed by atoms with Gasteiger partial charge in [-0.15, -0.1) is 0 Å². The average molecular weight is 135 g/mol. The lowest BCUT2D eigenvalue weighted by molar-refractivity contribution is -0.426. The van der Waals surface area contributed by atoms with Crippen molar-refractivity contribution >= 4 is 12.4 Å². The molecule has 1 heterocycles. The van der Waals surface area contributed by atoms with E-state index in [2.05, 4.69) is 18.6 Å². The van der Waals surface area contributed by atoms with Gasteiger partial charge in [-0.25, -0.2) is 4.58 Å². The van der Waals surface area contributed by atoms with E-state index < -0.39 is 0 Å². The lowest BCUT2D eigenvalue weighted by atomic mass is 10.4. The average Bonchev–Trinajstić information content (AvgIpc) is 2.05. The molecule has 0 unspecified atom stereocenters. The smallest absolute Gasteiger partial charge is 0.223 e. The number of hydrogen-bond donors (Lipinski definition) is 0. The van der Waals surface area contributed by atoms with Gasteiger partial charge >= 0.3 is 0 Å². The van der Waals surface area contributed by atoms with Gasteiger partial charge in [0, 0.05) is 12.3 Å². The first-order valence-corrected chi connectivity index (χ1v) is 3.32. The number of rotatable bonds is 2. The van der Waals surface area contributed by atoms with Crippen molar-refractivity contribution in [3.05, 3.63) is 24.5 Å². The van der Waals surface area contributed by atoms with E-state index in [1.165, 1.54) is 0 Å². The zero-order valence-electron chi connectivity index (χ0n) is 6.12. The van der Waals surface area contributed by atoms with Crippen molar-refractivity contribution < 1.29 is 4.58 Å². The Labute approximate surface area is 60.9 Å². The van der Waals surface area contributed by atoms with E-state index in [4.69, 9.17) is 0 Å². The lowest BCUT2D eigenvalue weighted by Crippen LogP contribution is -2.00. The highest BCUT2D eigenvalue weighted by atomic mass is 15.0. The summed E-state index contributed by atoms with van der Waals surface area (Å²) >= 11 is 0. The lowest BCUT2D eigenvalue weighted by Gasteiger charge is -1.93. The highest BCUT2D eigenvalue weighted by molar-refractivity contribution is 5.29. The van der Waals surface area contributed by atoms with Crippen LogP contribution >= 0.6 is 0 Å². The summed E-state index contributed by atoms with van der Waals surface area (Å²) in [7, 11) is 0.